The molecule has 0 aliphatic carbocycles. The molecule has 7 heteroatoms. The summed E-state index contributed by atoms with van der Waals surface area (Å²) in [5, 5.41) is 18.2. The van der Waals surface area contributed by atoms with Gasteiger partial charge in [0.2, 0.25) is 11.8 Å². The van der Waals surface area contributed by atoms with E-state index in [-0.39, 0.29) is 29.7 Å². The number of carboxylic acids is 1. The summed E-state index contributed by atoms with van der Waals surface area (Å²) < 4.78 is 5.04. The molecule has 0 spiro atoms. The van der Waals surface area contributed by atoms with Crippen LogP contribution in [0, 0.1) is 5.92 Å². The number of anilines is 1. The van der Waals surface area contributed by atoms with Gasteiger partial charge in [0.1, 0.15) is 6.04 Å². The summed E-state index contributed by atoms with van der Waals surface area (Å²) in [6, 6.07) is 0.894. The molecule has 0 radical (unpaired) electrons. The van der Waals surface area contributed by atoms with Gasteiger partial charge in [-0.1, -0.05) is 39.8 Å². The van der Waals surface area contributed by atoms with Crippen LogP contribution in [-0.4, -0.2) is 34.7 Å². The van der Waals surface area contributed by atoms with Crippen molar-refractivity contribution >= 4 is 17.8 Å². The fraction of sp³-hybridized carbons (Fsp3) is 0.643. The van der Waals surface area contributed by atoms with Gasteiger partial charge in [-0.15, -0.1) is 0 Å². The molecular formula is C14H23N3O4. The molecule has 0 aliphatic heterocycles. The summed E-state index contributed by atoms with van der Waals surface area (Å²) in [5.41, 5.74) is 0.563. The van der Waals surface area contributed by atoms with Gasteiger partial charge in [0.25, 0.3) is 0 Å². The van der Waals surface area contributed by atoms with E-state index in [4.69, 9.17) is 9.63 Å². The van der Waals surface area contributed by atoms with E-state index in [1.807, 2.05) is 20.8 Å². The highest BCUT2D eigenvalue weighted by Gasteiger charge is 2.22. The van der Waals surface area contributed by atoms with Crippen LogP contribution < -0.4 is 10.6 Å². The highest BCUT2D eigenvalue weighted by atomic mass is 16.5. The maximum absolute atomic E-state index is 11.8. The van der Waals surface area contributed by atoms with Crippen LogP contribution in [0.4, 0.5) is 5.88 Å². The van der Waals surface area contributed by atoms with Crippen LogP contribution >= 0.6 is 0 Å². The number of nitrogens with one attached hydrogen (secondary N) is 2. The lowest BCUT2D eigenvalue weighted by Crippen LogP contribution is -2.44. The number of carbonyl (C=O) groups excluding carboxylic acids is 1. The molecule has 7 nitrogen and oxygen atoms in total. The first-order valence-corrected chi connectivity index (χ1v) is 6.84. The highest BCUT2D eigenvalue weighted by molar-refractivity contribution is 5.91. The quantitative estimate of drug-likeness (QED) is 0.737. The second-order valence-corrected chi connectivity index (χ2v) is 6.32. The minimum Gasteiger partial charge on any atom is -0.480 e. The van der Waals surface area contributed by atoms with Crippen LogP contribution in [-0.2, 0) is 15.0 Å². The average molecular weight is 297 g/mol. The molecule has 1 amide bonds. The zero-order chi connectivity index (χ0) is 16.2. The van der Waals surface area contributed by atoms with Gasteiger partial charge in [-0.3, -0.25) is 20.2 Å². The summed E-state index contributed by atoms with van der Waals surface area (Å²) in [5.74, 6) is -1.22. The first-order valence-electron chi connectivity index (χ1n) is 6.84. The smallest absolute Gasteiger partial charge is 0.320 e. The Labute approximate surface area is 124 Å². The molecule has 0 bridgehead atoms. The molecule has 0 aliphatic rings. The van der Waals surface area contributed by atoms with E-state index in [9.17, 15) is 9.59 Å². The van der Waals surface area contributed by atoms with E-state index in [0.29, 0.717) is 0 Å². The molecule has 1 heterocycles. The van der Waals surface area contributed by atoms with Gasteiger partial charge in [-0.05, 0) is 5.92 Å². The molecule has 118 valence electrons. The van der Waals surface area contributed by atoms with Crippen LogP contribution in [0.3, 0.4) is 0 Å². The van der Waals surface area contributed by atoms with Crippen molar-refractivity contribution < 1.29 is 19.2 Å². The van der Waals surface area contributed by atoms with Crippen molar-refractivity contribution in [3.05, 3.63) is 11.8 Å². The highest BCUT2D eigenvalue weighted by Crippen LogP contribution is 2.23. The van der Waals surface area contributed by atoms with Gasteiger partial charge < -0.3 is 9.63 Å². The van der Waals surface area contributed by atoms with Crippen molar-refractivity contribution in [2.24, 2.45) is 5.92 Å². The molecule has 0 saturated carbocycles. The zero-order valence-corrected chi connectivity index (χ0v) is 13.1. The molecule has 0 aromatic carbocycles. The molecule has 1 aromatic heterocycles. The van der Waals surface area contributed by atoms with Crippen molar-refractivity contribution in [3.63, 3.8) is 0 Å². The van der Waals surface area contributed by atoms with Crippen molar-refractivity contribution in [2.45, 2.75) is 46.1 Å². The van der Waals surface area contributed by atoms with Gasteiger partial charge in [0, 0.05) is 11.5 Å². The number of amides is 1. The molecule has 0 saturated heterocycles. The minimum absolute atomic E-state index is 0.110. The predicted octanol–water partition coefficient (Wildman–Crippen LogP) is 1.61. The van der Waals surface area contributed by atoms with Crippen LogP contribution in [0.2, 0.25) is 0 Å². The standard InChI is InChI=1S/C14H23N3O4/c1-8(2)12(13(19)20)15-7-10(18)16-11-6-9(17-21-11)14(3,4)5/h6,8,12,15H,7H2,1-5H3,(H,16,18)(H,19,20). The summed E-state index contributed by atoms with van der Waals surface area (Å²) in [4.78, 5) is 22.8. The minimum atomic E-state index is -0.979. The molecule has 1 rings (SSSR count). The van der Waals surface area contributed by atoms with Gasteiger partial charge in [0.05, 0.1) is 12.2 Å². The Morgan fingerprint density at radius 3 is 2.43 bits per heavy atom. The lowest BCUT2D eigenvalue weighted by atomic mass is 9.92. The van der Waals surface area contributed by atoms with E-state index in [2.05, 4.69) is 15.8 Å². The Kier molecular flexibility index (Phi) is 5.48. The Morgan fingerprint density at radius 2 is 2.00 bits per heavy atom. The third kappa shape index (κ3) is 5.18. The van der Waals surface area contributed by atoms with E-state index < -0.39 is 12.0 Å². The number of carboxylic acid groups (broad SMARTS) is 1. The summed E-state index contributed by atoms with van der Waals surface area (Å²) in [7, 11) is 0. The Balaban J connectivity index is 2.54. The largest absolute Gasteiger partial charge is 0.480 e. The number of aromatic nitrogens is 1. The number of nitrogens with zero attached hydrogens (tertiary/aromatic N) is 1. The summed E-state index contributed by atoms with van der Waals surface area (Å²) >= 11 is 0. The maximum atomic E-state index is 11.8. The fourth-order valence-corrected chi connectivity index (χ4v) is 1.68. The normalized spacial score (nSPS) is 13.2. The van der Waals surface area contributed by atoms with E-state index in [0.717, 1.165) is 5.69 Å². The van der Waals surface area contributed by atoms with Crippen molar-refractivity contribution in [3.8, 4) is 0 Å². The Hall–Kier alpha value is -1.89. The maximum Gasteiger partial charge on any atom is 0.320 e. The van der Waals surface area contributed by atoms with Crippen LogP contribution in [0.25, 0.3) is 0 Å². The molecule has 0 fully saturated rings. The third-order valence-electron chi connectivity index (χ3n) is 2.96. The lowest BCUT2D eigenvalue weighted by molar-refractivity contribution is -0.140. The molecule has 1 atom stereocenters. The number of carbonyl (C=O) groups is 2. The second-order valence-electron chi connectivity index (χ2n) is 6.32. The van der Waals surface area contributed by atoms with Gasteiger partial charge in [0.15, 0.2) is 0 Å². The first kappa shape index (κ1) is 17.2. The number of rotatable bonds is 6. The van der Waals surface area contributed by atoms with E-state index >= 15 is 0 Å². The zero-order valence-electron chi connectivity index (χ0n) is 13.1. The summed E-state index contributed by atoms with van der Waals surface area (Å²) in [6.07, 6.45) is 0. The molecule has 3 N–H and O–H groups in total. The SMILES string of the molecule is CC(C)C(NCC(=O)Nc1cc(C(C)(C)C)no1)C(=O)O. The Morgan fingerprint density at radius 1 is 1.38 bits per heavy atom. The van der Waals surface area contributed by atoms with Gasteiger partial charge in [-0.25, -0.2) is 0 Å². The second kappa shape index (κ2) is 6.71. The molecular weight excluding hydrogens is 274 g/mol. The molecule has 1 aromatic rings. The number of hydrogen-bond donors (Lipinski definition) is 3. The topological polar surface area (TPSA) is 104 Å². The number of hydrogen-bond acceptors (Lipinski definition) is 5. The van der Waals surface area contributed by atoms with Crippen molar-refractivity contribution in [2.75, 3.05) is 11.9 Å². The third-order valence-corrected chi connectivity index (χ3v) is 2.96. The van der Waals surface area contributed by atoms with Gasteiger partial charge >= 0.3 is 5.97 Å². The fourth-order valence-electron chi connectivity index (χ4n) is 1.68. The van der Waals surface area contributed by atoms with Crippen LogP contribution in [0.5, 0.6) is 0 Å². The predicted molar refractivity (Wildman–Crippen MR) is 78.1 cm³/mol. The molecule has 21 heavy (non-hydrogen) atoms. The molecule has 1 unspecified atom stereocenters. The monoisotopic (exact) mass is 297 g/mol. The Bertz CT molecular complexity index is 503. The number of aliphatic carboxylic acids is 1. The lowest BCUT2D eigenvalue weighted by Gasteiger charge is -2.17. The van der Waals surface area contributed by atoms with Crippen LogP contribution in [0.1, 0.15) is 40.3 Å². The average Bonchev–Trinajstić information content (AvgIpc) is 2.76. The summed E-state index contributed by atoms with van der Waals surface area (Å²) in [6.45, 7) is 9.39. The van der Waals surface area contributed by atoms with E-state index in [1.165, 1.54) is 0 Å². The van der Waals surface area contributed by atoms with Crippen LogP contribution in [0.15, 0.2) is 10.6 Å². The van der Waals surface area contributed by atoms with Crippen molar-refractivity contribution in [1.29, 1.82) is 0 Å². The van der Waals surface area contributed by atoms with Gasteiger partial charge in [-0.2, -0.15) is 0 Å². The van der Waals surface area contributed by atoms with E-state index in [1.54, 1.807) is 19.9 Å². The first-order chi connectivity index (χ1) is 9.61. The van der Waals surface area contributed by atoms with Crippen molar-refractivity contribution in [1.82, 2.24) is 10.5 Å².